The maximum absolute atomic E-state index is 13.5. The molecule has 36 heavy (non-hydrogen) atoms. The van der Waals surface area contributed by atoms with E-state index in [-0.39, 0.29) is 5.91 Å². The standard InChI is InChI=1S/C31H30N2O2S/c34-30(33-25-16-7-4-8-17-25)29-26-18-9-1-2-10-20-28(26)36-31(29)32-21-24-15-11-12-19-27(24)35-22-23-13-5-3-6-14-23/h3-8,11-17,19,21H,1-2,9-10,18,20,22H2,(H,33,34). The molecule has 0 atom stereocenters. The summed E-state index contributed by atoms with van der Waals surface area (Å²) in [6.45, 7) is 0.490. The number of benzene rings is 3. The highest BCUT2D eigenvalue weighted by molar-refractivity contribution is 7.16. The Morgan fingerprint density at radius 1 is 0.861 bits per heavy atom. The average molecular weight is 495 g/mol. The van der Waals surface area contributed by atoms with Crippen molar-refractivity contribution < 1.29 is 9.53 Å². The lowest BCUT2D eigenvalue weighted by Gasteiger charge is -2.12. The van der Waals surface area contributed by atoms with Crippen molar-refractivity contribution in [3.8, 4) is 5.75 Å². The monoisotopic (exact) mass is 494 g/mol. The molecule has 1 aliphatic rings. The summed E-state index contributed by atoms with van der Waals surface area (Å²) < 4.78 is 6.12. The van der Waals surface area contributed by atoms with Crippen LogP contribution in [0.5, 0.6) is 5.75 Å². The Kier molecular flexibility index (Phi) is 7.89. The van der Waals surface area contributed by atoms with Gasteiger partial charge in [0.05, 0.1) is 5.56 Å². The van der Waals surface area contributed by atoms with Crippen LogP contribution in [0.15, 0.2) is 89.9 Å². The van der Waals surface area contributed by atoms with Gasteiger partial charge in [0.2, 0.25) is 0 Å². The van der Waals surface area contributed by atoms with Crippen LogP contribution in [0.4, 0.5) is 10.7 Å². The number of nitrogens with one attached hydrogen (secondary N) is 1. The molecule has 4 nitrogen and oxygen atoms in total. The third-order valence-corrected chi connectivity index (χ3v) is 7.59. The molecule has 5 rings (SSSR count). The number of anilines is 1. The first-order valence-corrected chi connectivity index (χ1v) is 13.4. The molecule has 182 valence electrons. The van der Waals surface area contributed by atoms with E-state index in [2.05, 4.69) is 17.4 Å². The first kappa shape index (κ1) is 24.0. The zero-order valence-electron chi connectivity index (χ0n) is 20.3. The molecule has 1 aromatic heterocycles. The van der Waals surface area contributed by atoms with Crippen molar-refractivity contribution in [1.82, 2.24) is 0 Å². The smallest absolute Gasteiger partial charge is 0.259 e. The van der Waals surface area contributed by atoms with E-state index >= 15 is 0 Å². The third-order valence-electron chi connectivity index (χ3n) is 6.39. The summed E-state index contributed by atoms with van der Waals surface area (Å²) in [6.07, 6.45) is 8.49. The Hall–Kier alpha value is -3.70. The number of rotatable bonds is 7. The number of carbonyl (C=O) groups excluding carboxylic acids is 1. The second-order valence-electron chi connectivity index (χ2n) is 8.99. The van der Waals surface area contributed by atoms with E-state index in [1.54, 1.807) is 11.3 Å². The highest BCUT2D eigenvalue weighted by Crippen LogP contribution is 2.39. The molecule has 4 aromatic rings. The van der Waals surface area contributed by atoms with Crippen molar-refractivity contribution in [3.05, 3.63) is 112 Å². The van der Waals surface area contributed by atoms with Crippen LogP contribution in [0.25, 0.3) is 0 Å². The normalized spacial score (nSPS) is 13.6. The van der Waals surface area contributed by atoms with E-state index in [1.807, 2.05) is 79.0 Å². The van der Waals surface area contributed by atoms with Gasteiger partial charge in [-0.25, -0.2) is 4.99 Å². The highest BCUT2D eigenvalue weighted by atomic mass is 32.1. The van der Waals surface area contributed by atoms with E-state index in [0.717, 1.165) is 58.8 Å². The molecule has 0 saturated heterocycles. The van der Waals surface area contributed by atoms with Gasteiger partial charge in [0.15, 0.2) is 0 Å². The van der Waals surface area contributed by atoms with Crippen LogP contribution in [0.1, 0.15) is 57.6 Å². The third kappa shape index (κ3) is 5.92. The number of para-hydroxylation sites is 2. The lowest BCUT2D eigenvalue weighted by atomic mass is 9.96. The molecule has 1 amide bonds. The van der Waals surface area contributed by atoms with Crippen LogP contribution in [-0.4, -0.2) is 12.1 Å². The Balaban J connectivity index is 1.44. The van der Waals surface area contributed by atoms with Gasteiger partial charge in [-0.1, -0.05) is 73.5 Å². The minimum atomic E-state index is -0.0833. The lowest BCUT2D eigenvalue weighted by molar-refractivity contribution is 0.102. The fourth-order valence-electron chi connectivity index (χ4n) is 4.53. The molecular weight excluding hydrogens is 464 g/mol. The van der Waals surface area contributed by atoms with E-state index in [9.17, 15) is 4.79 Å². The van der Waals surface area contributed by atoms with Gasteiger partial charge in [0.1, 0.15) is 17.4 Å². The number of amides is 1. The molecule has 0 unspecified atom stereocenters. The van der Waals surface area contributed by atoms with Gasteiger partial charge >= 0.3 is 0 Å². The second kappa shape index (κ2) is 11.8. The van der Waals surface area contributed by atoms with Crippen molar-refractivity contribution in [3.63, 3.8) is 0 Å². The molecule has 0 bridgehead atoms. The predicted octanol–water partition coefficient (Wildman–Crippen LogP) is 7.99. The molecule has 0 radical (unpaired) electrons. The number of carbonyl (C=O) groups is 1. The molecule has 0 fully saturated rings. The van der Waals surface area contributed by atoms with Crippen LogP contribution in [-0.2, 0) is 19.4 Å². The van der Waals surface area contributed by atoms with E-state index in [1.165, 1.54) is 23.3 Å². The highest BCUT2D eigenvalue weighted by Gasteiger charge is 2.24. The van der Waals surface area contributed by atoms with E-state index in [0.29, 0.717) is 6.61 Å². The number of nitrogens with zero attached hydrogens (tertiary/aromatic N) is 1. The number of aliphatic imine (C=N–C) groups is 1. The minimum Gasteiger partial charge on any atom is -0.488 e. The van der Waals surface area contributed by atoms with Crippen LogP contribution in [0.3, 0.4) is 0 Å². The van der Waals surface area contributed by atoms with Gasteiger partial charge in [-0.15, -0.1) is 11.3 Å². The summed E-state index contributed by atoms with van der Waals surface area (Å²) in [4.78, 5) is 19.7. The van der Waals surface area contributed by atoms with Crippen LogP contribution >= 0.6 is 11.3 Å². The number of hydrogen-bond donors (Lipinski definition) is 1. The number of fused-ring (bicyclic) bond motifs is 1. The number of thiophene rings is 1. The number of hydrogen-bond acceptors (Lipinski definition) is 4. The Bertz CT molecular complexity index is 1330. The molecule has 0 saturated carbocycles. The van der Waals surface area contributed by atoms with Crippen LogP contribution in [0.2, 0.25) is 0 Å². The maximum atomic E-state index is 13.5. The molecule has 1 N–H and O–H groups in total. The molecule has 3 aromatic carbocycles. The summed E-state index contributed by atoms with van der Waals surface area (Å²) in [5.41, 5.74) is 4.70. The maximum Gasteiger partial charge on any atom is 0.259 e. The summed E-state index contributed by atoms with van der Waals surface area (Å²) in [7, 11) is 0. The molecule has 5 heteroatoms. The Morgan fingerprint density at radius 3 is 2.36 bits per heavy atom. The molecule has 0 spiro atoms. The number of aryl methyl sites for hydroxylation is 1. The molecular formula is C31H30N2O2S. The van der Waals surface area contributed by atoms with Crippen molar-refractivity contribution in [2.24, 2.45) is 4.99 Å². The fraction of sp³-hybridized carbons (Fsp3) is 0.226. The first-order chi connectivity index (χ1) is 17.8. The Labute approximate surface area is 216 Å². The fourth-order valence-corrected chi connectivity index (χ4v) is 5.76. The average Bonchev–Trinajstić information content (AvgIpc) is 3.24. The van der Waals surface area contributed by atoms with Crippen LogP contribution in [0, 0.1) is 0 Å². The van der Waals surface area contributed by atoms with Crippen molar-refractivity contribution in [2.45, 2.75) is 45.1 Å². The van der Waals surface area contributed by atoms with E-state index < -0.39 is 0 Å². The van der Waals surface area contributed by atoms with Crippen molar-refractivity contribution in [2.75, 3.05) is 5.32 Å². The summed E-state index contributed by atoms with van der Waals surface area (Å²) in [5.74, 6) is 0.690. The second-order valence-corrected chi connectivity index (χ2v) is 10.1. The molecule has 0 aliphatic heterocycles. The lowest BCUT2D eigenvalue weighted by Crippen LogP contribution is -2.14. The summed E-state index contributed by atoms with van der Waals surface area (Å²) >= 11 is 1.66. The van der Waals surface area contributed by atoms with Crippen molar-refractivity contribution >= 4 is 34.1 Å². The zero-order chi connectivity index (χ0) is 24.6. The van der Waals surface area contributed by atoms with Gasteiger partial charge in [-0.3, -0.25) is 4.79 Å². The van der Waals surface area contributed by atoms with E-state index in [4.69, 9.17) is 9.73 Å². The predicted molar refractivity (Wildman–Crippen MR) is 149 cm³/mol. The SMILES string of the molecule is O=C(Nc1ccccc1)c1c(N=Cc2ccccc2OCc2ccccc2)sc2c1CCCCCC2. The van der Waals surface area contributed by atoms with Gasteiger partial charge < -0.3 is 10.1 Å². The molecule has 1 heterocycles. The largest absolute Gasteiger partial charge is 0.488 e. The van der Waals surface area contributed by atoms with Gasteiger partial charge in [-0.05, 0) is 61.1 Å². The van der Waals surface area contributed by atoms with Gasteiger partial charge in [-0.2, -0.15) is 0 Å². The van der Waals surface area contributed by atoms with Crippen molar-refractivity contribution in [1.29, 1.82) is 0 Å². The topological polar surface area (TPSA) is 50.7 Å². The van der Waals surface area contributed by atoms with Gasteiger partial charge in [0, 0.05) is 22.3 Å². The first-order valence-electron chi connectivity index (χ1n) is 12.6. The quantitative estimate of drug-likeness (QED) is 0.265. The summed E-state index contributed by atoms with van der Waals surface area (Å²) in [5, 5.41) is 3.86. The zero-order valence-corrected chi connectivity index (χ0v) is 21.1. The minimum absolute atomic E-state index is 0.0833. The van der Waals surface area contributed by atoms with Crippen LogP contribution < -0.4 is 10.1 Å². The Morgan fingerprint density at radius 2 is 1.56 bits per heavy atom. The molecule has 1 aliphatic carbocycles. The van der Waals surface area contributed by atoms with Gasteiger partial charge in [0.25, 0.3) is 5.91 Å². The summed E-state index contributed by atoms with van der Waals surface area (Å²) in [6, 6.07) is 27.7. The number of ether oxygens (including phenoxy) is 1.